The number of rotatable bonds is 3. The van der Waals surface area contributed by atoms with E-state index in [2.05, 4.69) is 9.97 Å². The van der Waals surface area contributed by atoms with Crippen molar-refractivity contribution >= 4 is 18.1 Å². The highest BCUT2D eigenvalue weighted by Gasteiger charge is 2.39. The fraction of sp³-hybridized carbons (Fsp3) is 0.455. The number of primary amides is 1. The molecule has 1 aromatic rings. The van der Waals surface area contributed by atoms with Gasteiger partial charge in [0.05, 0.1) is 11.0 Å². The number of aromatic nitrogens is 2. The summed E-state index contributed by atoms with van der Waals surface area (Å²) in [5.41, 5.74) is 5.28. The molecule has 1 unspecified atom stereocenters. The van der Waals surface area contributed by atoms with E-state index in [0.29, 0.717) is 37.3 Å². The summed E-state index contributed by atoms with van der Waals surface area (Å²) in [7, 11) is 0. The molecular formula is C11H14N4O2. The number of amides is 1. The Labute approximate surface area is 98.8 Å². The lowest BCUT2D eigenvalue weighted by atomic mass is 9.89. The topological polar surface area (TPSA) is 89.2 Å². The Hall–Kier alpha value is -1.98. The molecule has 2 heterocycles. The van der Waals surface area contributed by atoms with Crippen molar-refractivity contribution in [3.05, 3.63) is 18.0 Å². The summed E-state index contributed by atoms with van der Waals surface area (Å²) in [5, 5.41) is 0. The number of nitrogens with zero attached hydrogens (tertiary/aromatic N) is 3. The van der Waals surface area contributed by atoms with Crippen molar-refractivity contribution in [2.45, 2.75) is 13.3 Å². The van der Waals surface area contributed by atoms with Gasteiger partial charge >= 0.3 is 0 Å². The average Bonchev–Trinajstić information content (AvgIpc) is 2.74. The van der Waals surface area contributed by atoms with Crippen LogP contribution in [-0.2, 0) is 4.79 Å². The SMILES string of the molecule is CC1(C(N)=O)CCN(c2ncc(C=O)cn2)C1. The van der Waals surface area contributed by atoms with E-state index in [-0.39, 0.29) is 5.91 Å². The molecule has 1 aliphatic heterocycles. The van der Waals surface area contributed by atoms with Crippen LogP contribution in [0.15, 0.2) is 12.4 Å². The predicted molar refractivity (Wildman–Crippen MR) is 61.6 cm³/mol. The predicted octanol–water partition coefficient (Wildman–Crippen LogP) is -0.00920. The summed E-state index contributed by atoms with van der Waals surface area (Å²) in [6.45, 7) is 3.05. The first kappa shape index (κ1) is 11.5. The third-order valence-electron chi connectivity index (χ3n) is 3.15. The van der Waals surface area contributed by atoms with Crippen molar-refractivity contribution in [3.63, 3.8) is 0 Å². The standard InChI is InChI=1S/C11H14N4O2/c1-11(9(12)17)2-3-15(7-11)10-13-4-8(6-16)5-14-10/h4-6H,2-3,7H2,1H3,(H2,12,17). The lowest BCUT2D eigenvalue weighted by Gasteiger charge is -2.20. The molecule has 1 aliphatic rings. The third-order valence-corrected chi connectivity index (χ3v) is 3.15. The monoisotopic (exact) mass is 234 g/mol. The van der Waals surface area contributed by atoms with Crippen LogP contribution in [0.1, 0.15) is 23.7 Å². The molecule has 2 rings (SSSR count). The fourth-order valence-corrected chi connectivity index (χ4v) is 1.89. The molecule has 6 heteroatoms. The number of nitrogens with two attached hydrogens (primary N) is 1. The van der Waals surface area contributed by atoms with Crippen LogP contribution in [0, 0.1) is 5.41 Å². The fourth-order valence-electron chi connectivity index (χ4n) is 1.89. The maximum absolute atomic E-state index is 11.3. The van der Waals surface area contributed by atoms with Gasteiger partial charge in [-0.05, 0) is 13.3 Å². The Kier molecular flexibility index (Phi) is 2.79. The summed E-state index contributed by atoms with van der Waals surface area (Å²) in [6.07, 6.45) is 4.33. The molecule has 2 N–H and O–H groups in total. The zero-order valence-electron chi connectivity index (χ0n) is 9.59. The Morgan fingerprint density at radius 3 is 2.65 bits per heavy atom. The second-order valence-corrected chi connectivity index (χ2v) is 4.53. The van der Waals surface area contributed by atoms with Gasteiger partial charge in [-0.1, -0.05) is 0 Å². The molecule has 1 aromatic heterocycles. The van der Waals surface area contributed by atoms with Crippen LogP contribution in [0.4, 0.5) is 5.95 Å². The molecule has 0 bridgehead atoms. The smallest absolute Gasteiger partial charge is 0.225 e. The Bertz CT molecular complexity index is 445. The van der Waals surface area contributed by atoms with Crippen molar-refractivity contribution in [2.24, 2.45) is 11.1 Å². The Morgan fingerprint density at radius 1 is 1.53 bits per heavy atom. The Balaban J connectivity index is 2.14. The first-order valence-corrected chi connectivity index (χ1v) is 5.37. The van der Waals surface area contributed by atoms with Crippen LogP contribution in [0.3, 0.4) is 0 Å². The molecule has 1 saturated heterocycles. The number of aldehydes is 1. The first-order chi connectivity index (χ1) is 8.05. The maximum atomic E-state index is 11.3. The van der Waals surface area contributed by atoms with E-state index < -0.39 is 5.41 Å². The average molecular weight is 234 g/mol. The number of hydrogen-bond acceptors (Lipinski definition) is 5. The van der Waals surface area contributed by atoms with Gasteiger partial charge in [0, 0.05) is 25.5 Å². The summed E-state index contributed by atoms with van der Waals surface area (Å²) in [4.78, 5) is 31.9. The van der Waals surface area contributed by atoms with Crippen LogP contribution in [0.5, 0.6) is 0 Å². The normalized spacial score (nSPS) is 23.7. The van der Waals surface area contributed by atoms with Gasteiger partial charge in [0.25, 0.3) is 0 Å². The molecule has 90 valence electrons. The third kappa shape index (κ3) is 2.11. The number of hydrogen-bond donors (Lipinski definition) is 1. The van der Waals surface area contributed by atoms with Gasteiger partial charge in [-0.25, -0.2) is 9.97 Å². The minimum atomic E-state index is -0.521. The summed E-state index contributed by atoms with van der Waals surface area (Å²) in [6, 6.07) is 0. The lowest BCUT2D eigenvalue weighted by Crippen LogP contribution is -2.37. The molecule has 1 fully saturated rings. The van der Waals surface area contributed by atoms with Crippen LogP contribution >= 0.6 is 0 Å². The second-order valence-electron chi connectivity index (χ2n) is 4.53. The van der Waals surface area contributed by atoms with Crippen molar-refractivity contribution in [1.82, 2.24) is 9.97 Å². The molecule has 0 aromatic carbocycles. The summed E-state index contributed by atoms with van der Waals surface area (Å²) >= 11 is 0. The molecule has 0 saturated carbocycles. The van der Waals surface area contributed by atoms with Gasteiger partial charge in [0.2, 0.25) is 11.9 Å². The van der Waals surface area contributed by atoms with Gasteiger partial charge in [-0.3, -0.25) is 9.59 Å². The van der Waals surface area contributed by atoms with Crippen LogP contribution in [0.25, 0.3) is 0 Å². The minimum absolute atomic E-state index is 0.301. The molecule has 0 spiro atoms. The molecule has 1 amide bonds. The zero-order chi connectivity index (χ0) is 12.5. The maximum Gasteiger partial charge on any atom is 0.225 e. The van der Waals surface area contributed by atoms with Crippen molar-refractivity contribution < 1.29 is 9.59 Å². The molecular weight excluding hydrogens is 220 g/mol. The van der Waals surface area contributed by atoms with Crippen molar-refractivity contribution in [1.29, 1.82) is 0 Å². The highest BCUT2D eigenvalue weighted by atomic mass is 16.1. The highest BCUT2D eigenvalue weighted by molar-refractivity contribution is 5.81. The largest absolute Gasteiger partial charge is 0.369 e. The quantitative estimate of drug-likeness (QED) is 0.743. The van der Waals surface area contributed by atoms with E-state index in [0.717, 1.165) is 0 Å². The van der Waals surface area contributed by atoms with Gasteiger partial charge in [-0.2, -0.15) is 0 Å². The Morgan fingerprint density at radius 2 is 2.18 bits per heavy atom. The van der Waals surface area contributed by atoms with Gasteiger partial charge in [0.15, 0.2) is 6.29 Å². The second kappa shape index (κ2) is 4.12. The van der Waals surface area contributed by atoms with E-state index in [1.54, 1.807) is 0 Å². The molecule has 6 nitrogen and oxygen atoms in total. The van der Waals surface area contributed by atoms with E-state index in [9.17, 15) is 9.59 Å². The van der Waals surface area contributed by atoms with Crippen molar-refractivity contribution in [3.8, 4) is 0 Å². The highest BCUT2D eigenvalue weighted by Crippen LogP contribution is 2.31. The van der Waals surface area contributed by atoms with Crippen LogP contribution in [-0.4, -0.2) is 35.3 Å². The first-order valence-electron chi connectivity index (χ1n) is 5.37. The van der Waals surface area contributed by atoms with Gasteiger partial charge in [0.1, 0.15) is 0 Å². The van der Waals surface area contributed by atoms with Gasteiger partial charge in [-0.15, -0.1) is 0 Å². The molecule has 17 heavy (non-hydrogen) atoms. The van der Waals surface area contributed by atoms with E-state index >= 15 is 0 Å². The number of anilines is 1. The minimum Gasteiger partial charge on any atom is -0.369 e. The number of carbonyl (C=O) groups excluding carboxylic acids is 2. The molecule has 1 atom stereocenters. The number of carbonyl (C=O) groups is 2. The van der Waals surface area contributed by atoms with Crippen LogP contribution < -0.4 is 10.6 Å². The van der Waals surface area contributed by atoms with E-state index in [4.69, 9.17) is 5.73 Å². The summed E-state index contributed by atoms with van der Waals surface area (Å²) < 4.78 is 0. The van der Waals surface area contributed by atoms with Crippen LogP contribution in [0.2, 0.25) is 0 Å². The van der Waals surface area contributed by atoms with Gasteiger partial charge < -0.3 is 10.6 Å². The van der Waals surface area contributed by atoms with Crippen molar-refractivity contribution in [2.75, 3.05) is 18.0 Å². The van der Waals surface area contributed by atoms with E-state index in [1.165, 1.54) is 12.4 Å². The molecule has 0 radical (unpaired) electrons. The zero-order valence-corrected chi connectivity index (χ0v) is 9.59. The lowest BCUT2D eigenvalue weighted by molar-refractivity contribution is -0.125. The van der Waals surface area contributed by atoms with E-state index in [1.807, 2.05) is 11.8 Å². The molecule has 0 aliphatic carbocycles. The summed E-state index contributed by atoms with van der Waals surface area (Å²) in [5.74, 6) is 0.227.